The molecular formula is C11H9FO2S. The molecule has 1 rings (SSSR count). The van der Waals surface area contributed by atoms with Crippen LogP contribution in [0.3, 0.4) is 0 Å². The van der Waals surface area contributed by atoms with Crippen LogP contribution < -0.4 is 0 Å². The minimum Gasteiger partial charge on any atom is -0.478 e. The first-order valence-electron chi connectivity index (χ1n) is 4.28. The largest absolute Gasteiger partial charge is 0.478 e. The summed E-state index contributed by atoms with van der Waals surface area (Å²) < 4.78 is 13.4. The van der Waals surface area contributed by atoms with E-state index in [4.69, 9.17) is 5.11 Å². The lowest BCUT2D eigenvalue weighted by molar-refractivity contribution is 0.0692. The Kier molecular flexibility index (Phi) is 4.19. The molecule has 0 amide bonds. The van der Waals surface area contributed by atoms with E-state index in [-0.39, 0.29) is 11.1 Å². The van der Waals surface area contributed by atoms with Crippen LogP contribution in [0.25, 0.3) is 0 Å². The Hall–Kier alpha value is -1.47. The molecule has 0 aromatic heterocycles. The van der Waals surface area contributed by atoms with Crippen LogP contribution in [0.4, 0.5) is 4.39 Å². The molecule has 15 heavy (non-hydrogen) atoms. The number of hydrogen-bond acceptors (Lipinski definition) is 2. The number of carbonyl (C=O) groups is 1. The molecule has 0 radical (unpaired) electrons. The van der Waals surface area contributed by atoms with Crippen molar-refractivity contribution in [1.29, 1.82) is 0 Å². The molecule has 1 aromatic rings. The van der Waals surface area contributed by atoms with Gasteiger partial charge in [-0.25, -0.2) is 9.18 Å². The standard InChI is InChI=1S/C11H9FO2S/c12-10-8(4-1-2-7-15)5-3-6-9(10)11(13)14/h3,5-6,15H,2,7H2,(H,13,14). The lowest BCUT2D eigenvalue weighted by Gasteiger charge is -1.98. The molecule has 1 aromatic carbocycles. The van der Waals surface area contributed by atoms with Gasteiger partial charge in [-0.3, -0.25) is 0 Å². The minimum atomic E-state index is -1.29. The summed E-state index contributed by atoms with van der Waals surface area (Å²) in [6, 6.07) is 4.13. The van der Waals surface area contributed by atoms with Gasteiger partial charge in [0.25, 0.3) is 0 Å². The molecule has 0 bridgehead atoms. The van der Waals surface area contributed by atoms with Crippen LogP contribution in [-0.4, -0.2) is 16.8 Å². The van der Waals surface area contributed by atoms with Gasteiger partial charge in [0.1, 0.15) is 0 Å². The first kappa shape index (κ1) is 11.6. The summed E-state index contributed by atoms with van der Waals surface area (Å²) in [4.78, 5) is 10.6. The third kappa shape index (κ3) is 3.00. The van der Waals surface area contributed by atoms with Crippen molar-refractivity contribution in [2.75, 3.05) is 5.75 Å². The van der Waals surface area contributed by atoms with Gasteiger partial charge >= 0.3 is 5.97 Å². The maximum atomic E-state index is 13.4. The van der Waals surface area contributed by atoms with Gasteiger partial charge in [-0.1, -0.05) is 17.9 Å². The zero-order valence-electron chi connectivity index (χ0n) is 7.83. The maximum absolute atomic E-state index is 13.4. The summed E-state index contributed by atoms with van der Waals surface area (Å²) in [5.41, 5.74) is -0.246. The summed E-state index contributed by atoms with van der Waals surface area (Å²) in [6.07, 6.45) is 0.542. The van der Waals surface area contributed by atoms with Gasteiger partial charge in [0.15, 0.2) is 5.82 Å². The molecule has 0 atom stereocenters. The molecule has 78 valence electrons. The van der Waals surface area contributed by atoms with Crippen molar-refractivity contribution >= 4 is 18.6 Å². The van der Waals surface area contributed by atoms with E-state index in [0.717, 1.165) is 0 Å². The fourth-order valence-electron chi connectivity index (χ4n) is 1.01. The molecule has 0 heterocycles. The highest BCUT2D eigenvalue weighted by molar-refractivity contribution is 7.80. The molecule has 0 aliphatic rings. The second kappa shape index (κ2) is 5.42. The van der Waals surface area contributed by atoms with Crippen LogP contribution in [-0.2, 0) is 0 Å². The maximum Gasteiger partial charge on any atom is 0.338 e. The fraction of sp³-hybridized carbons (Fsp3) is 0.182. The third-order valence-electron chi connectivity index (χ3n) is 1.69. The summed E-state index contributed by atoms with van der Waals surface area (Å²) in [5.74, 6) is 3.79. The summed E-state index contributed by atoms with van der Waals surface area (Å²) in [7, 11) is 0. The van der Waals surface area contributed by atoms with Crippen molar-refractivity contribution < 1.29 is 14.3 Å². The van der Waals surface area contributed by atoms with E-state index in [1.807, 2.05) is 0 Å². The second-order valence-electron chi connectivity index (χ2n) is 2.75. The van der Waals surface area contributed by atoms with E-state index >= 15 is 0 Å². The molecular weight excluding hydrogens is 215 g/mol. The summed E-state index contributed by atoms with van der Waals surface area (Å²) in [5, 5.41) is 8.66. The van der Waals surface area contributed by atoms with Crippen molar-refractivity contribution in [2.24, 2.45) is 0 Å². The Morgan fingerprint density at radius 2 is 2.27 bits per heavy atom. The molecule has 0 aliphatic carbocycles. The first-order valence-corrected chi connectivity index (χ1v) is 4.91. The van der Waals surface area contributed by atoms with Crippen LogP contribution in [0, 0.1) is 17.7 Å². The number of hydrogen-bond donors (Lipinski definition) is 2. The van der Waals surface area contributed by atoms with Crippen LogP contribution in [0.5, 0.6) is 0 Å². The Morgan fingerprint density at radius 3 is 2.87 bits per heavy atom. The van der Waals surface area contributed by atoms with E-state index in [0.29, 0.717) is 12.2 Å². The van der Waals surface area contributed by atoms with E-state index in [1.165, 1.54) is 18.2 Å². The highest BCUT2D eigenvalue weighted by atomic mass is 32.1. The molecule has 0 spiro atoms. The lowest BCUT2D eigenvalue weighted by atomic mass is 10.1. The number of aromatic carboxylic acids is 1. The Morgan fingerprint density at radius 1 is 1.53 bits per heavy atom. The number of benzene rings is 1. The summed E-state index contributed by atoms with van der Waals surface area (Å²) >= 11 is 3.96. The Labute approximate surface area is 92.5 Å². The van der Waals surface area contributed by atoms with Crippen LogP contribution in [0.15, 0.2) is 18.2 Å². The van der Waals surface area contributed by atoms with Crippen LogP contribution >= 0.6 is 12.6 Å². The zero-order valence-corrected chi connectivity index (χ0v) is 8.72. The topological polar surface area (TPSA) is 37.3 Å². The predicted octanol–water partition coefficient (Wildman–Crippen LogP) is 2.20. The van der Waals surface area contributed by atoms with Crippen molar-refractivity contribution in [2.45, 2.75) is 6.42 Å². The first-order chi connectivity index (χ1) is 7.16. The SMILES string of the molecule is O=C(O)c1cccc(C#CCCS)c1F. The third-order valence-corrected chi connectivity index (χ3v) is 1.91. The van der Waals surface area contributed by atoms with E-state index < -0.39 is 11.8 Å². The molecule has 0 saturated heterocycles. The number of thiol groups is 1. The van der Waals surface area contributed by atoms with E-state index in [9.17, 15) is 9.18 Å². The molecule has 0 aliphatic heterocycles. The molecule has 0 unspecified atom stereocenters. The number of halogens is 1. The number of rotatable bonds is 2. The monoisotopic (exact) mass is 224 g/mol. The van der Waals surface area contributed by atoms with Crippen molar-refractivity contribution in [3.05, 3.63) is 35.1 Å². The number of carboxylic acids is 1. The van der Waals surface area contributed by atoms with Crippen LogP contribution in [0.2, 0.25) is 0 Å². The van der Waals surface area contributed by atoms with Gasteiger partial charge < -0.3 is 5.11 Å². The van der Waals surface area contributed by atoms with Crippen molar-refractivity contribution in [3.63, 3.8) is 0 Å². The minimum absolute atomic E-state index is 0.108. The molecule has 4 heteroatoms. The van der Waals surface area contributed by atoms with E-state index in [2.05, 4.69) is 24.5 Å². The molecule has 2 nitrogen and oxygen atoms in total. The average Bonchev–Trinajstić information content (AvgIpc) is 2.20. The van der Waals surface area contributed by atoms with Crippen LogP contribution in [0.1, 0.15) is 22.3 Å². The smallest absolute Gasteiger partial charge is 0.338 e. The predicted molar refractivity (Wildman–Crippen MR) is 58.7 cm³/mol. The fourth-order valence-corrected chi connectivity index (χ4v) is 1.12. The second-order valence-corrected chi connectivity index (χ2v) is 3.19. The van der Waals surface area contributed by atoms with Crippen molar-refractivity contribution in [3.8, 4) is 11.8 Å². The Bertz CT molecular complexity index is 432. The highest BCUT2D eigenvalue weighted by Crippen LogP contribution is 2.11. The van der Waals surface area contributed by atoms with Gasteiger partial charge in [0.2, 0.25) is 0 Å². The van der Waals surface area contributed by atoms with Crippen molar-refractivity contribution in [1.82, 2.24) is 0 Å². The van der Waals surface area contributed by atoms with E-state index in [1.54, 1.807) is 0 Å². The van der Waals surface area contributed by atoms with Gasteiger partial charge in [-0.15, -0.1) is 0 Å². The Balaban J connectivity index is 3.06. The molecule has 1 N–H and O–H groups in total. The lowest BCUT2D eigenvalue weighted by Crippen LogP contribution is -2.01. The molecule has 0 saturated carbocycles. The summed E-state index contributed by atoms with van der Waals surface area (Å²) in [6.45, 7) is 0. The van der Waals surface area contributed by atoms with Gasteiger partial charge in [-0.05, 0) is 12.1 Å². The number of carboxylic acid groups (broad SMARTS) is 1. The normalized spacial score (nSPS) is 9.20. The van der Waals surface area contributed by atoms with Gasteiger partial charge in [0.05, 0.1) is 11.1 Å². The van der Waals surface area contributed by atoms with Gasteiger partial charge in [0, 0.05) is 12.2 Å². The average molecular weight is 224 g/mol. The zero-order chi connectivity index (χ0) is 11.3. The highest BCUT2D eigenvalue weighted by Gasteiger charge is 2.11. The quantitative estimate of drug-likeness (QED) is 0.597. The van der Waals surface area contributed by atoms with Gasteiger partial charge in [-0.2, -0.15) is 12.6 Å². The molecule has 0 fully saturated rings.